The zero-order valence-corrected chi connectivity index (χ0v) is 20.7. The maximum atomic E-state index is 12.7. The Hall–Kier alpha value is -3.10. The fraction of sp³-hybridized carbons (Fsp3) is 0.280. The average molecular weight is 497 g/mol. The number of hydrogen-bond donors (Lipinski definition) is 1. The second-order valence-electron chi connectivity index (χ2n) is 8.15. The highest BCUT2D eigenvalue weighted by atomic mass is 35.5. The minimum atomic E-state index is -0.483. The van der Waals surface area contributed by atoms with Crippen molar-refractivity contribution < 1.29 is 14.3 Å². The summed E-state index contributed by atoms with van der Waals surface area (Å²) in [4.78, 5) is 16.9. The molecule has 0 atom stereocenters. The second-order valence-corrected chi connectivity index (χ2v) is 9.60. The number of amidine groups is 2. The number of nitrogens with zero attached hydrogens (tertiary/aromatic N) is 3. The van der Waals surface area contributed by atoms with Crippen molar-refractivity contribution in [1.29, 1.82) is 5.41 Å². The van der Waals surface area contributed by atoms with E-state index in [1.54, 1.807) is 18.2 Å². The summed E-state index contributed by atoms with van der Waals surface area (Å²) in [6.45, 7) is 6.81. The van der Waals surface area contributed by atoms with Gasteiger partial charge in [-0.25, -0.2) is 0 Å². The molecular formula is C25H25ClN4O3S. The molecule has 2 aromatic carbocycles. The van der Waals surface area contributed by atoms with Gasteiger partial charge in [0.2, 0.25) is 5.17 Å². The van der Waals surface area contributed by atoms with Crippen LogP contribution >= 0.6 is 23.4 Å². The van der Waals surface area contributed by atoms with Crippen LogP contribution in [-0.2, 0) is 11.4 Å². The van der Waals surface area contributed by atoms with Crippen LogP contribution in [-0.4, -0.2) is 33.6 Å². The molecule has 1 amide bonds. The zero-order valence-electron chi connectivity index (χ0n) is 19.2. The summed E-state index contributed by atoms with van der Waals surface area (Å²) in [6.07, 6.45) is 2.35. The molecule has 4 rings (SSSR count). The van der Waals surface area contributed by atoms with Gasteiger partial charge in [-0.15, -0.1) is 0 Å². The van der Waals surface area contributed by atoms with Crippen molar-refractivity contribution in [3.63, 3.8) is 0 Å². The Kier molecular flexibility index (Phi) is 7.38. The number of amides is 1. The topological polar surface area (TPSA) is 87.3 Å². The van der Waals surface area contributed by atoms with Crippen LogP contribution in [0.3, 0.4) is 0 Å². The number of carbonyl (C=O) groups excluding carboxylic acids is 1. The smallest absolute Gasteiger partial charge is 0.283 e. The van der Waals surface area contributed by atoms with Gasteiger partial charge in [0.1, 0.15) is 11.7 Å². The molecule has 0 saturated carbocycles. The first kappa shape index (κ1) is 24.0. The molecule has 0 fully saturated rings. The molecule has 0 unspecified atom stereocenters. The molecule has 2 aliphatic heterocycles. The lowest BCUT2D eigenvalue weighted by Gasteiger charge is -2.20. The number of hydrogen-bond acceptors (Lipinski definition) is 6. The molecule has 0 aromatic heterocycles. The maximum Gasteiger partial charge on any atom is 0.283 e. The van der Waals surface area contributed by atoms with Crippen LogP contribution in [0.2, 0.25) is 5.02 Å². The predicted octanol–water partition coefficient (Wildman–Crippen LogP) is 5.98. The van der Waals surface area contributed by atoms with Crippen LogP contribution in [0, 0.1) is 11.3 Å². The minimum absolute atomic E-state index is 0.0141. The van der Waals surface area contributed by atoms with Crippen molar-refractivity contribution in [1.82, 2.24) is 5.01 Å². The number of fused-ring (bicyclic) bond motifs is 1. The van der Waals surface area contributed by atoms with Crippen LogP contribution < -0.4 is 9.47 Å². The van der Waals surface area contributed by atoms with Gasteiger partial charge in [-0.1, -0.05) is 55.8 Å². The van der Waals surface area contributed by atoms with Gasteiger partial charge < -0.3 is 9.47 Å². The summed E-state index contributed by atoms with van der Waals surface area (Å²) < 4.78 is 11.7. The predicted molar refractivity (Wildman–Crippen MR) is 138 cm³/mol. The Balaban J connectivity index is 1.61. The van der Waals surface area contributed by atoms with Crippen molar-refractivity contribution in [2.45, 2.75) is 33.8 Å². The van der Waals surface area contributed by atoms with Crippen LogP contribution in [0.15, 0.2) is 58.1 Å². The fourth-order valence-corrected chi connectivity index (χ4v) is 4.80. The lowest BCUT2D eigenvalue weighted by atomic mass is 10.1. The van der Waals surface area contributed by atoms with Crippen LogP contribution in [0.4, 0.5) is 0 Å². The van der Waals surface area contributed by atoms with Gasteiger partial charge in [0, 0.05) is 6.42 Å². The highest BCUT2D eigenvalue weighted by molar-refractivity contribution is 8.26. The van der Waals surface area contributed by atoms with E-state index in [9.17, 15) is 4.79 Å². The minimum Gasteiger partial charge on any atom is -0.490 e. The number of ether oxygens (including phenoxy) is 2. The summed E-state index contributed by atoms with van der Waals surface area (Å²) >= 11 is 7.88. The third-order valence-corrected chi connectivity index (χ3v) is 6.16. The number of benzene rings is 2. The quantitative estimate of drug-likeness (QED) is 0.454. The summed E-state index contributed by atoms with van der Waals surface area (Å²) in [7, 11) is 0. The van der Waals surface area contributed by atoms with Gasteiger partial charge in [0.15, 0.2) is 17.3 Å². The number of hydrazone groups is 1. The summed E-state index contributed by atoms with van der Waals surface area (Å²) in [5.41, 5.74) is 1.74. The van der Waals surface area contributed by atoms with E-state index >= 15 is 0 Å². The monoisotopic (exact) mass is 496 g/mol. The first-order valence-corrected chi connectivity index (χ1v) is 12.2. The third kappa shape index (κ3) is 5.34. The Bertz CT molecular complexity index is 1210. The van der Waals surface area contributed by atoms with Gasteiger partial charge in [-0.2, -0.15) is 15.1 Å². The maximum absolute atomic E-state index is 12.7. The van der Waals surface area contributed by atoms with E-state index in [2.05, 4.69) is 23.9 Å². The van der Waals surface area contributed by atoms with Gasteiger partial charge in [-0.3, -0.25) is 10.2 Å². The van der Waals surface area contributed by atoms with Crippen LogP contribution in [0.25, 0.3) is 6.08 Å². The van der Waals surface area contributed by atoms with Gasteiger partial charge in [0.05, 0.1) is 17.2 Å². The Morgan fingerprint density at radius 3 is 2.68 bits per heavy atom. The number of rotatable bonds is 8. The molecule has 9 heteroatoms. The van der Waals surface area contributed by atoms with Gasteiger partial charge in [0.25, 0.3) is 5.91 Å². The Labute approximate surface area is 208 Å². The first-order chi connectivity index (χ1) is 16.4. The zero-order chi connectivity index (χ0) is 24.2. The molecule has 176 valence electrons. The van der Waals surface area contributed by atoms with E-state index in [0.29, 0.717) is 46.4 Å². The van der Waals surface area contributed by atoms with E-state index in [4.69, 9.17) is 26.5 Å². The van der Waals surface area contributed by atoms with E-state index in [-0.39, 0.29) is 11.4 Å². The number of halogens is 1. The number of thioether (sulfide) groups is 1. The molecule has 0 radical (unpaired) electrons. The highest BCUT2D eigenvalue weighted by Crippen LogP contribution is 2.38. The van der Waals surface area contributed by atoms with E-state index in [1.165, 1.54) is 16.8 Å². The van der Waals surface area contributed by atoms with Crippen molar-refractivity contribution >= 4 is 51.4 Å². The molecule has 7 nitrogen and oxygen atoms in total. The second kappa shape index (κ2) is 10.4. The lowest BCUT2D eigenvalue weighted by Crippen LogP contribution is -2.35. The first-order valence-electron chi connectivity index (χ1n) is 11.0. The van der Waals surface area contributed by atoms with Crippen molar-refractivity contribution in [3.05, 3.63) is 64.2 Å². The van der Waals surface area contributed by atoms with E-state index < -0.39 is 5.91 Å². The molecule has 34 heavy (non-hydrogen) atoms. The van der Waals surface area contributed by atoms with Crippen LogP contribution in [0.5, 0.6) is 11.5 Å². The molecule has 0 saturated heterocycles. The molecular weight excluding hydrogens is 472 g/mol. The summed E-state index contributed by atoms with van der Waals surface area (Å²) in [5, 5.41) is 16.1. The Morgan fingerprint density at radius 1 is 1.21 bits per heavy atom. The van der Waals surface area contributed by atoms with Gasteiger partial charge >= 0.3 is 0 Å². The van der Waals surface area contributed by atoms with E-state index in [1.807, 2.05) is 37.3 Å². The van der Waals surface area contributed by atoms with Crippen molar-refractivity contribution in [2.24, 2.45) is 16.0 Å². The normalized spacial score (nSPS) is 16.6. The number of aliphatic imine (C=N–C) groups is 1. The van der Waals surface area contributed by atoms with Crippen molar-refractivity contribution in [3.8, 4) is 11.5 Å². The molecule has 1 N–H and O–H groups in total. The number of nitrogens with one attached hydrogen (secondary N) is 1. The molecule has 2 aromatic rings. The highest BCUT2D eigenvalue weighted by Gasteiger charge is 2.35. The van der Waals surface area contributed by atoms with Gasteiger partial charge in [-0.05, 0) is 53.9 Å². The largest absolute Gasteiger partial charge is 0.490 e. The summed E-state index contributed by atoms with van der Waals surface area (Å²) in [6, 6.07) is 13.2. The van der Waals surface area contributed by atoms with Crippen LogP contribution in [0.1, 0.15) is 38.3 Å². The Morgan fingerprint density at radius 2 is 1.97 bits per heavy atom. The van der Waals surface area contributed by atoms with Crippen molar-refractivity contribution in [2.75, 3.05) is 6.61 Å². The molecule has 0 spiro atoms. The number of carbonyl (C=O) groups is 1. The standard InChI is InChI=1S/C25H25ClN4O3S/c1-4-32-20-13-17(12-19(26)22(20)33-14-16-8-6-5-7-9-16)11-18-23(27)30-25(28-24(18)31)34-21(29-30)10-15(2)3/h5-9,11-13,15,27H,4,10,14H2,1-3H3. The molecule has 2 aliphatic rings. The van der Waals surface area contributed by atoms with E-state index in [0.717, 1.165) is 17.0 Å². The third-order valence-electron chi connectivity index (χ3n) is 4.95. The molecule has 0 bridgehead atoms. The SMILES string of the molecule is CCOc1cc(C=C2C(=N)N3N=C(CC(C)C)SC3=NC2=O)cc(Cl)c1OCc1ccccc1. The average Bonchev–Trinajstić information content (AvgIpc) is 3.18. The fourth-order valence-electron chi connectivity index (χ4n) is 3.43. The molecule has 0 aliphatic carbocycles. The molecule has 2 heterocycles. The summed E-state index contributed by atoms with van der Waals surface area (Å²) in [5.74, 6) is 0.808. The lowest BCUT2D eigenvalue weighted by molar-refractivity contribution is -0.114.